The molecule has 1 atom stereocenters. The lowest BCUT2D eigenvalue weighted by atomic mass is 10.0. The number of Topliss-reactive ketones (excluding diaryl/α,β-unsaturated/α-hetero) is 1. The monoisotopic (exact) mass is 358 g/mol. The lowest BCUT2D eigenvalue weighted by Crippen LogP contribution is -2.39. The zero-order chi connectivity index (χ0) is 18.8. The fraction of sp³-hybridized carbons (Fsp3) is 0.316. The predicted octanol–water partition coefficient (Wildman–Crippen LogP) is 2.57. The topological polar surface area (TPSA) is 68.6 Å². The van der Waals surface area contributed by atoms with Crippen LogP contribution in [-0.2, 0) is 4.79 Å². The quantitative estimate of drug-likeness (QED) is 0.771. The van der Waals surface area contributed by atoms with Crippen LogP contribution in [0.1, 0.15) is 36.7 Å². The normalized spacial score (nSPS) is 14.6. The van der Waals surface area contributed by atoms with Gasteiger partial charge in [-0.15, -0.1) is 0 Å². The van der Waals surface area contributed by atoms with Crippen LogP contribution in [0.4, 0.5) is 10.1 Å². The summed E-state index contributed by atoms with van der Waals surface area (Å²) in [6.45, 7) is 3.98. The maximum atomic E-state index is 13.4. The number of anilines is 1. The van der Waals surface area contributed by atoms with Crippen molar-refractivity contribution in [1.82, 2.24) is 4.57 Å². The van der Waals surface area contributed by atoms with Crippen molar-refractivity contribution in [2.45, 2.75) is 26.3 Å². The van der Waals surface area contributed by atoms with E-state index in [4.69, 9.17) is 4.74 Å². The fourth-order valence-corrected chi connectivity index (χ4v) is 2.97. The van der Waals surface area contributed by atoms with Crippen molar-refractivity contribution < 1.29 is 18.7 Å². The Hall–Kier alpha value is -2.96. The molecule has 1 aromatic heterocycles. The number of ether oxygens (including phenoxy) is 1. The van der Waals surface area contributed by atoms with E-state index >= 15 is 0 Å². The van der Waals surface area contributed by atoms with Crippen LogP contribution in [0, 0.1) is 5.82 Å². The first-order valence-electron chi connectivity index (χ1n) is 8.41. The van der Waals surface area contributed by atoms with E-state index in [-0.39, 0.29) is 18.3 Å². The molecule has 2 aromatic rings. The van der Waals surface area contributed by atoms with E-state index in [0.29, 0.717) is 23.5 Å². The van der Waals surface area contributed by atoms with Crippen molar-refractivity contribution in [2.24, 2.45) is 0 Å². The minimum Gasteiger partial charge on any atom is -0.482 e. The van der Waals surface area contributed by atoms with Crippen molar-refractivity contribution in [3.05, 3.63) is 58.3 Å². The number of rotatable bonds is 5. The van der Waals surface area contributed by atoms with E-state index in [0.717, 1.165) is 29.3 Å². The first-order valence-corrected chi connectivity index (χ1v) is 8.41. The van der Waals surface area contributed by atoms with Gasteiger partial charge in [0.05, 0.1) is 11.7 Å². The number of benzene rings is 1. The highest BCUT2D eigenvalue weighted by atomic mass is 19.1. The number of halogens is 1. The third kappa shape index (κ3) is 3.24. The summed E-state index contributed by atoms with van der Waals surface area (Å²) >= 11 is 0. The minimum absolute atomic E-state index is 0.0324. The summed E-state index contributed by atoms with van der Waals surface area (Å²) in [6, 6.07) is 6.07. The van der Waals surface area contributed by atoms with Crippen LogP contribution in [0.2, 0.25) is 0 Å². The molecule has 0 saturated heterocycles. The molecule has 1 amide bonds. The SMILES string of the molecule is CCCN1C(=O)COc2ccc(C(=O)C(C)n3cc(F)ccc3=O)cc21. The second kappa shape index (κ2) is 7.11. The molecule has 0 N–H and O–H groups in total. The smallest absolute Gasteiger partial charge is 0.265 e. The standard InChI is InChI=1S/C19H19FN2O4/c1-3-8-21-15-9-13(4-6-16(15)26-11-18(21)24)19(25)12(2)22-10-14(20)5-7-17(22)23/h4-7,9-10,12H,3,8,11H2,1-2H3. The second-order valence-electron chi connectivity index (χ2n) is 6.15. The van der Waals surface area contributed by atoms with Gasteiger partial charge in [-0.1, -0.05) is 6.92 Å². The zero-order valence-electron chi connectivity index (χ0n) is 14.6. The minimum atomic E-state index is -0.879. The molecular formula is C19H19FN2O4. The number of aromatic nitrogens is 1. The van der Waals surface area contributed by atoms with Crippen molar-refractivity contribution in [3.8, 4) is 5.75 Å². The summed E-state index contributed by atoms with van der Waals surface area (Å²) in [5.74, 6) is -0.582. The number of carbonyl (C=O) groups excluding carboxylic acids is 2. The van der Waals surface area contributed by atoms with Crippen LogP contribution in [-0.4, -0.2) is 29.4 Å². The highest BCUT2D eigenvalue weighted by Crippen LogP contribution is 2.34. The Morgan fingerprint density at radius 2 is 2.04 bits per heavy atom. The summed E-state index contributed by atoms with van der Waals surface area (Å²) in [7, 11) is 0. The summed E-state index contributed by atoms with van der Waals surface area (Å²) in [6.07, 6.45) is 1.78. The summed E-state index contributed by atoms with van der Waals surface area (Å²) < 4.78 is 19.9. The van der Waals surface area contributed by atoms with Crippen LogP contribution in [0.3, 0.4) is 0 Å². The zero-order valence-corrected chi connectivity index (χ0v) is 14.6. The van der Waals surface area contributed by atoms with Crippen molar-refractivity contribution >= 4 is 17.4 Å². The maximum absolute atomic E-state index is 13.4. The van der Waals surface area contributed by atoms with Gasteiger partial charge >= 0.3 is 0 Å². The maximum Gasteiger partial charge on any atom is 0.265 e. The highest BCUT2D eigenvalue weighted by molar-refractivity contribution is 6.03. The van der Waals surface area contributed by atoms with Crippen LogP contribution in [0.15, 0.2) is 41.3 Å². The molecule has 0 bridgehead atoms. The van der Waals surface area contributed by atoms with Gasteiger partial charge in [-0.25, -0.2) is 4.39 Å². The third-order valence-corrected chi connectivity index (χ3v) is 4.33. The molecule has 1 unspecified atom stereocenters. The Labute approximate surface area is 149 Å². The number of carbonyl (C=O) groups is 2. The Morgan fingerprint density at radius 3 is 2.77 bits per heavy atom. The van der Waals surface area contributed by atoms with E-state index in [1.54, 1.807) is 23.1 Å². The van der Waals surface area contributed by atoms with Gasteiger partial charge in [-0.2, -0.15) is 0 Å². The molecular weight excluding hydrogens is 339 g/mol. The molecule has 0 fully saturated rings. The number of nitrogens with zero attached hydrogens (tertiary/aromatic N) is 2. The van der Waals surface area contributed by atoms with Gasteiger partial charge in [0.15, 0.2) is 12.4 Å². The number of hydrogen-bond donors (Lipinski definition) is 0. The molecule has 1 aromatic carbocycles. The second-order valence-corrected chi connectivity index (χ2v) is 6.15. The Kier molecular flexibility index (Phi) is 4.88. The van der Waals surface area contributed by atoms with Gasteiger partial charge in [0.2, 0.25) is 0 Å². The Bertz CT molecular complexity index is 922. The van der Waals surface area contributed by atoms with Crippen LogP contribution >= 0.6 is 0 Å². The van der Waals surface area contributed by atoms with Crippen LogP contribution < -0.4 is 15.2 Å². The van der Waals surface area contributed by atoms with Crippen LogP contribution in [0.5, 0.6) is 5.75 Å². The molecule has 0 aliphatic carbocycles. The lowest BCUT2D eigenvalue weighted by molar-refractivity contribution is -0.121. The molecule has 136 valence electrons. The van der Waals surface area contributed by atoms with Crippen molar-refractivity contribution in [2.75, 3.05) is 18.1 Å². The van der Waals surface area contributed by atoms with Crippen molar-refractivity contribution in [3.63, 3.8) is 0 Å². The molecule has 0 radical (unpaired) electrons. The summed E-state index contributed by atoms with van der Waals surface area (Å²) in [4.78, 5) is 38.4. The predicted molar refractivity (Wildman–Crippen MR) is 94.3 cm³/mol. The first kappa shape index (κ1) is 17.8. The number of fused-ring (bicyclic) bond motifs is 1. The van der Waals surface area contributed by atoms with E-state index in [1.165, 1.54) is 6.92 Å². The fourth-order valence-electron chi connectivity index (χ4n) is 2.97. The van der Waals surface area contributed by atoms with E-state index in [1.807, 2.05) is 6.92 Å². The molecule has 0 saturated carbocycles. The number of ketones is 1. The number of pyridine rings is 1. The third-order valence-electron chi connectivity index (χ3n) is 4.33. The van der Waals surface area contributed by atoms with Crippen molar-refractivity contribution in [1.29, 1.82) is 0 Å². The van der Waals surface area contributed by atoms with Gasteiger partial charge in [0.25, 0.3) is 11.5 Å². The van der Waals surface area contributed by atoms with E-state index in [2.05, 4.69) is 0 Å². The number of hydrogen-bond acceptors (Lipinski definition) is 4. The summed E-state index contributed by atoms with van der Waals surface area (Å²) in [5.41, 5.74) is 0.399. The average Bonchev–Trinajstić information content (AvgIpc) is 2.64. The van der Waals surface area contributed by atoms with Gasteiger partial charge in [0, 0.05) is 24.4 Å². The van der Waals surface area contributed by atoms with E-state index < -0.39 is 17.4 Å². The molecule has 26 heavy (non-hydrogen) atoms. The molecule has 2 heterocycles. The summed E-state index contributed by atoms with van der Waals surface area (Å²) in [5, 5.41) is 0. The molecule has 0 spiro atoms. The molecule has 3 rings (SSSR count). The van der Waals surface area contributed by atoms with Gasteiger partial charge < -0.3 is 14.2 Å². The first-order chi connectivity index (χ1) is 12.4. The molecule has 1 aliphatic rings. The lowest BCUT2D eigenvalue weighted by Gasteiger charge is -2.29. The highest BCUT2D eigenvalue weighted by Gasteiger charge is 2.27. The van der Waals surface area contributed by atoms with Crippen LogP contribution in [0.25, 0.3) is 0 Å². The van der Waals surface area contributed by atoms with Gasteiger partial charge in [0.1, 0.15) is 11.6 Å². The Morgan fingerprint density at radius 1 is 1.27 bits per heavy atom. The number of amides is 1. The Balaban J connectivity index is 1.97. The molecule has 7 heteroatoms. The average molecular weight is 358 g/mol. The van der Waals surface area contributed by atoms with Gasteiger partial charge in [-0.05, 0) is 37.6 Å². The van der Waals surface area contributed by atoms with E-state index in [9.17, 15) is 18.8 Å². The molecule has 1 aliphatic heterocycles. The van der Waals surface area contributed by atoms with Gasteiger partial charge in [-0.3, -0.25) is 14.4 Å². The largest absolute Gasteiger partial charge is 0.482 e. The molecule has 6 nitrogen and oxygen atoms in total.